The zero-order chi connectivity index (χ0) is 21.6. The number of carbonyl (C=O) groups excluding carboxylic acids is 2. The fourth-order valence-corrected chi connectivity index (χ4v) is 6.00. The molecule has 0 saturated carbocycles. The molecule has 6 rings (SSSR count). The van der Waals surface area contributed by atoms with Crippen molar-refractivity contribution < 1.29 is 9.59 Å². The van der Waals surface area contributed by atoms with Gasteiger partial charge in [0.25, 0.3) is 11.5 Å². The van der Waals surface area contributed by atoms with Gasteiger partial charge in [-0.2, -0.15) is 0 Å². The van der Waals surface area contributed by atoms with E-state index in [1.54, 1.807) is 34.9 Å². The third-order valence-corrected chi connectivity index (χ3v) is 7.31. The molecule has 0 bridgehead atoms. The zero-order valence-corrected chi connectivity index (χ0v) is 18.3. The van der Waals surface area contributed by atoms with Crippen molar-refractivity contribution in [2.75, 3.05) is 4.90 Å². The summed E-state index contributed by atoms with van der Waals surface area (Å²) in [5.74, 6) is -0.166. The second-order valence-electron chi connectivity index (χ2n) is 8.05. The lowest BCUT2D eigenvalue weighted by molar-refractivity contribution is -0.133. The Morgan fingerprint density at radius 1 is 1.06 bits per heavy atom. The molecular weight excluding hydrogens is 460 g/mol. The van der Waals surface area contributed by atoms with Crippen LogP contribution in [-0.4, -0.2) is 32.4 Å². The van der Waals surface area contributed by atoms with Crippen LogP contribution in [0, 0.1) is 0 Å². The van der Waals surface area contributed by atoms with E-state index in [4.69, 9.17) is 4.98 Å². The van der Waals surface area contributed by atoms with Gasteiger partial charge in [0.05, 0.1) is 22.5 Å². The number of carbonyl (C=O) groups is 2. The topological polar surface area (TPSA) is 75.5 Å². The number of rotatable bonds is 0. The minimum Gasteiger partial charge on any atom is -0.290 e. The lowest BCUT2D eigenvalue weighted by atomic mass is 10.0. The average molecular weight is 477 g/mol. The van der Waals surface area contributed by atoms with Crippen molar-refractivity contribution in [3.8, 4) is 0 Å². The highest BCUT2D eigenvalue weighted by atomic mass is 79.9. The molecular formula is C23H17BrN4O3. The van der Waals surface area contributed by atoms with Crippen LogP contribution in [-0.2, 0) is 9.59 Å². The summed E-state index contributed by atoms with van der Waals surface area (Å²) in [4.78, 5) is 47.7. The molecule has 3 aromatic rings. The summed E-state index contributed by atoms with van der Waals surface area (Å²) in [5.41, 5.74) is 2.66. The molecule has 0 saturated heterocycles. The van der Waals surface area contributed by atoms with E-state index in [2.05, 4.69) is 15.9 Å². The van der Waals surface area contributed by atoms with Gasteiger partial charge in [-0.15, -0.1) is 0 Å². The number of benzene rings is 2. The number of nitrogens with zero attached hydrogens (tertiary/aromatic N) is 4. The summed E-state index contributed by atoms with van der Waals surface area (Å²) in [6.07, 6.45) is -0.522. The van der Waals surface area contributed by atoms with Gasteiger partial charge in [0, 0.05) is 17.1 Å². The Balaban J connectivity index is 1.69. The maximum absolute atomic E-state index is 13.6. The Hall–Kier alpha value is -3.26. The Labute approximate surface area is 185 Å². The zero-order valence-electron chi connectivity index (χ0n) is 16.7. The van der Waals surface area contributed by atoms with E-state index < -0.39 is 12.2 Å². The quantitative estimate of drug-likeness (QED) is 0.498. The van der Waals surface area contributed by atoms with Crippen LogP contribution in [0.2, 0.25) is 0 Å². The molecule has 8 heteroatoms. The van der Waals surface area contributed by atoms with Crippen LogP contribution in [0.25, 0.3) is 16.6 Å². The summed E-state index contributed by atoms with van der Waals surface area (Å²) in [5, 5.41) is 0.477. The summed E-state index contributed by atoms with van der Waals surface area (Å²) in [6, 6.07) is 14.1. The number of anilines is 1. The van der Waals surface area contributed by atoms with Gasteiger partial charge in [-0.3, -0.25) is 28.8 Å². The molecule has 1 aromatic heterocycles. The Kier molecular flexibility index (Phi) is 3.66. The summed E-state index contributed by atoms with van der Waals surface area (Å²) >= 11 is 3.73. The Morgan fingerprint density at radius 3 is 2.55 bits per heavy atom. The van der Waals surface area contributed by atoms with E-state index in [1.807, 2.05) is 30.3 Å². The van der Waals surface area contributed by atoms with Gasteiger partial charge in [0.15, 0.2) is 5.82 Å². The molecule has 0 aliphatic carbocycles. The predicted octanol–water partition coefficient (Wildman–Crippen LogP) is 3.35. The minimum absolute atomic E-state index is 0.142. The molecule has 0 fully saturated rings. The first-order valence-corrected chi connectivity index (χ1v) is 10.8. The molecule has 2 amide bonds. The molecule has 3 aliphatic heterocycles. The summed E-state index contributed by atoms with van der Waals surface area (Å²) in [6.45, 7) is 3.22. The van der Waals surface area contributed by atoms with Crippen LogP contribution < -0.4 is 10.5 Å². The van der Waals surface area contributed by atoms with Crippen LogP contribution in [0.1, 0.15) is 37.2 Å². The van der Waals surface area contributed by atoms with E-state index in [1.165, 1.54) is 11.5 Å². The van der Waals surface area contributed by atoms with Crippen LogP contribution in [0.3, 0.4) is 0 Å². The molecule has 7 nitrogen and oxygen atoms in total. The van der Waals surface area contributed by atoms with Gasteiger partial charge in [-0.25, -0.2) is 4.98 Å². The number of halogens is 1. The first kappa shape index (κ1) is 18.5. The van der Waals surface area contributed by atoms with Gasteiger partial charge >= 0.3 is 0 Å². The smallest absolute Gasteiger partial charge is 0.262 e. The van der Waals surface area contributed by atoms with Crippen molar-refractivity contribution >= 4 is 50.0 Å². The lowest BCUT2D eigenvalue weighted by Gasteiger charge is -2.39. The van der Waals surface area contributed by atoms with Crippen LogP contribution in [0.15, 0.2) is 57.8 Å². The molecule has 0 N–H and O–H groups in total. The van der Waals surface area contributed by atoms with Crippen LogP contribution >= 0.6 is 15.9 Å². The second kappa shape index (κ2) is 6.13. The van der Waals surface area contributed by atoms with Crippen molar-refractivity contribution in [3.05, 3.63) is 74.8 Å². The Bertz CT molecular complexity index is 1430. The van der Waals surface area contributed by atoms with Crippen molar-refractivity contribution in [2.45, 2.75) is 32.0 Å². The highest BCUT2D eigenvalue weighted by Gasteiger charge is 2.56. The van der Waals surface area contributed by atoms with Crippen molar-refractivity contribution in [1.29, 1.82) is 0 Å². The molecule has 0 unspecified atom stereocenters. The van der Waals surface area contributed by atoms with Crippen molar-refractivity contribution in [3.63, 3.8) is 0 Å². The monoisotopic (exact) mass is 476 g/mol. The van der Waals surface area contributed by atoms with Crippen molar-refractivity contribution in [2.24, 2.45) is 0 Å². The maximum Gasteiger partial charge on any atom is 0.262 e. The maximum atomic E-state index is 13.6. The predicted molar refractivity (Wildman–Crippen MR) is 120 cm³/mol. The summed E-state index contributed by atoms with van der Waals surface area (Å²) in [7, 11) is 0. The van der Waals surface area contributed by atoms with E-state index in [0.717, 1.165) is 15.7 Å². The lowest BCUT2D eigenvalue weighted by Crippen LogP contribution is -2.54. The molecule has 3 aliphatic rings. The van der Waals surface area contributed by atoms with E-state index in [-0.39, 0.29) is 23.3 Å². The largest absolute Gasteiger partial charge is 0.290 e. The Morgan fingerprint density at radius 2 is 1.77 bits per heavy atom. The third-order valence-electron chi connectivity index (χ3n) is 6.44. The average Bonchev–Trinajstić information content (AvgIpc) is 3.25. The molecule has 0 radical (unpaired) electrons. The van der Waals surface area contributed by atoms with Crippen LogP contribution in [0.4, 0.5) is 5.69 Å². The van der Waals surface area contributed by atoms with E-state index in [0.29, 0.717) is 22.4 Å². The van der Waals surface area contributed by atoms with E-state index in [9.17, 15) is 14.4 Å². The molecule has 3 atom stereocenters. The van der Waals surface area contributed by atoms with Gasteiger partial charge in [0.1, 0.15) is 12.2 Å². The van der Waals surface area contributed by atoms with Gasteiger partial charge in [-0.05, 0) is 30.7 Å². The number of fused-ring (bicyclic) bond motifs is 8. The number of amides is 2. The van der Waals surface area contributed by atoms with Gasteiger partial charge in [-0.1, -0.05) is 46.3 Å². The van der Waals surface area contributed by atoms with Gasteiger partial charge < -0.3 is 0 Å². The van der Waals surface area contributed by atoms with Gasteiger partial charge in [0.2, 0.25) is 5.91 Å². The SMILES string of the molecule is CC(=O)N1c2ccccc2[C@@H]2C(Br)=C3c4nc5ccccc5c(=O)n4[C@H](C)C(=O)N3[C@@H]21. The number of aromatic nitrogens is 2. The normalized spacial score (nSPS) is 23.7. The minimum atomic E-state index is -0.736. The molecule has 31 heavy (non-hydrogen) atoms. The van der Waals surface area contributed by atoms with E-state index >= 15 is 0 Å². The van der Waals surface area contributed by atoms with Crippen molar-refractivity contribution in [1.82, 2.24) is 14.5 Å². The third kappa shape index (κ3) is 2.18. The number of para-hydroxylation sites is 2. The fourth-order valence-electron chi connectivity index (χ4n) is 5.14. The second-order valence-corrected chi connectivity index (χ2v) is 8.90. The molecule has 4 heterocycles. The number of hydrogen-bond acceptors (Lipinski definition) is 4. The standard InChI is InChI=1S/C23H17BrN4O3/c1-11-22(30)28-19(20-25-15-9-5-3-7-13(15)23(31)26(11)20)18(24)17-14-8-4-6-10-16(14)27(12(2)29)21(17)28/h3-11,17,21H,1-2H3/t11-,17-,21+/m1/s1. The first-order chi connectivity index (χ1) is 14.9. The summed E-state index contributed by atoms with van der Waals surface area (Å²) < 4.78 is 2.23. The number of hydrogen-bond donors (Lipinski definition) is 0. The molecule has 154 valence electrons. The highest BCUT2D eigenvalue weighted by Crippen LogP contribution is 2.57. The first-order valence-electron chi connectivity index (χ1n) is 10.0. The fraction of sp³-hybridized carbons (Fsp3) is 0.217. The highest BCUT2D eigenvalue weighted by molar-refractivity contribution is 9.11. The van der Waals surface area contributed by atoms with Crippen LogP contribution in [0.5, 0.6) is 0 Å². The molecule has 0 spiro atoms. The molecule has 2 aromatic carbocycles.